The average molecular weight is 635 g/mol. The van der Waals surface area contributed by atoms with Crippen LogP contribution in [0.3, 0.4) is 0 Å². The van der Waals surface area contributed by atoms with Crippen LogP contribution >= 0.6 is 0 Å². The van der Waals surface area contributed by atoms with Crippen molar-refractivity contribution in [3.05, 3.63) is 0 Å². The molecule has 0 unspecified atom stereocenters. The van der Waals surface area contributed by atoms with E-state index in [1.807, 2.05) is 0 Å². The van der Waals surface area contributed by atoms with Gasteiger partial charge in [0, 0.05) is 40.4 Å². The fourth-order valence-corrected chi connectivity index (χ4v) is 30.4. The molecular weight excluding hydrogens is 577 g/mol. The van der Waals surface area contributed by atoms with E-state index in [-0.39, 0.29) is 40.4 Å². The smallest absolute Gasteiger partial charge is 0.109 e. The van der Waals surface area contributed by atoms with Gasteiger partial charge in [-0.05, 0) is 0 Å². The summed E-state index contributed by atoms with van der Waals surface area (Å²) < 4.78 is 11.2. The fourth-order valence-electron chi connectivity index (χ4n) is 3.38. The van der Waals surface area contributed by atoms with Gasteiger partial charge in [-0.1, -0.05) is 118 Å². The molecule has 0 aliphatic rings. The minimum absolute atomic E-state index is 0. The summed E-state index contributed by atoms with van der Waals surface area (Å²) in [6, 6.07) is 0. The van der Waals surface area contributed by atoms with Crippen molar-refractivity contribution < 1.29 is 40.4 Å². The van der Waals surface area contributed by atoms with E-state index in [2.05, 4.69) is 132 Å². The Hall–Kier alpha value is 2.52. The van der Waals surface area contributed by atoms with Gasteiger partial charge >= 0.3 is 0 Å². The molecule has 0 heterocycles. The first kappa shape index (κ1) is 37.8. The van der Waals surface area contributed by atoms with E-state index in [1.165, 1.54) is 0 Å². The van der Waals surface area contributed by atoms with E-state index < -0.39 is 49.4 Å². The molecule has 0 fully saturated rings. The molecule has 3 N–H and O–H groups in total. The van der Waals surface area contributed by atoms with Crippen LogP contribution < -0.4 is 13.9 Å². The summed E-state index contributed by atoms with van der Waals surface area (Å²) in [5.41, 5.74) is 0. The summed E-state index contributed by atoms with van der Waals surface area (Å²) in [4.78, 5) is 0. The Labute approximate surface area is 219 Å². The number of hydrogen-bond donors (Lipinski definition) is 3. The van der Waals surface area contributed by atoms with E-state index in [0.717, 1.165) is 0 Å². The van der Waals surface area contributed by atoms with E-state index in [4.69, 9.17) is 0 Å². The molecule has 0 bridgehead atoms. The molecule has 0 aliphatic carbocycles. The van der Waals surface area contributed by atoms with Gasteiger partial charge in [-0.25, -0.2) is 0 Å². The fraction of sp³-hybridized carbons (Fsp3) is 1.00. The molecule has 10 heteroatoms. The Kier molecular flexibility index (Phi) is 18.8. The van der Waals surface area contributed by atoms with Crippen LogP contribution in [0.1, 0.15) is 0 Å². The zero-order chi connectivity index (χ0) is 23.1. The van der Waals surface area contributed by atoms with Gasteiger partial charge in [-0.15, -0.1) is 0 Å². The molecule has 0 saturated heterocycles. The van der Waals surface area contributed by atoms with Gasteiger partial charge in [0.2, 0.25) is 0 Å². The van der Waals surface area contributed by atoms with Crippen LogP contribution in [0.4, 0.5) is 0 Å². The van der Waals surface area contributed by atoms with Crippen LogP contribution in [0.5, 0.6) is 0 Å². The molecule has 0 aromatic heterocycles. The van der Waals surface area contributed by atoms with E-state index >= 15 is 0 Å². The van der Waals surface area contributed by atoms with Crippen LogP contribution in [0.2, 0.25) is 118 Å². The third-order valence-corrected chi connectivity index (χ3v) is 20.2. The molecule has 0 aromatic carbocycles. The van der Waals surface area contributed by atoms with E-state index in [9.17, 15) is 0 Å². The first-order valence-corrected chi connectivity index (χ1v) is 31.5. The normalized spacial score (nSPS) is 13.5. The number of hydrogen-bond acceptors (Lipinski definition) is 3. The Balaban J connectivity index is -0.000000152. The molecule has 0 aromatic rings. The largest absolute Gasteiger partial charge is 0.360 e. The standard InChI is InChI=1S/3C6H19NSi2.Sm/c3*1-8(2,3)7-9(4,5)6;/h3*7H,1-6H3;. The number of nitrogens with one attached hydrogen (secondary N) is 3. The monoisotopic (exact) mass is 635 g/mol. The zero-order valence-electron chi connectivity index (χ0n) is 22.9. The predicted molar refractivity (Wildman–Crippen MR) is 149 cm³/mol. The molecule has 0 rings (SSSR count). The maximum absolute atomic E-state index is 3.74. The van der Waals surface area contributed by atoms with Crippen molar-refractivity contribution in [1.29, 1.82) is 0 Å². The molecule has 28 heavy (non-hydrogen) atoms. The van der Waals surface area contributed by atoms with E-state index in [1.54, 1.807) is 0 Å². The summed E-state index contributed by atoms with van der Waals surface area (Å²) in [6.45, 7) is 42.3. The van der Waals surface area contributed by atoms with Crippen molar-refractivity contribution in [3.63, 3.8) is 0 Å². The van der Waals surface area contributed by atoms with Gasteiger partial charge in [0.05, 0.1) is 0 Å². The van der Waals surface area contributed by atoms with E-state index in [0.29, 0.717) is 0 Å². The second-order valence-corrected chi connectivity index (χ2v) is 43.9. The minimum atomic E-state index is -0.981. The summed E-state index contributed by atoms with van der Waals surface area (Å²) in [5.74, 6) is 0. The summed E-state index contributed by atoms with van der Waals surface area (Å²) in [7, 11) is -5.89. The average Bonchev–Trinajstić information content (AvgIpc) is 1.96. The third kappa shape index (κ3) is 51.3. The molecular formula is C18H57N3Si6Sm. The predicted octanol–water partition coefficient (Wildman–Crippen LogP) is 6.74. The van der Waals surface area contributed by atoms with Gasteiger partial charge in [0.15, 0.2) is 0 Å². The van der Waals surface area contributed by atoms with Crippen LogP contribution in [0, 0.1) is 40.4 Å². The second kappa shape index (κ2) is 13.9. The van der Waals surface area contributed by atoms with Gasteiger partial charge < -0.3 is 13.9 Å². The SMILES string of the molecule is C[Si](C)(C)N[Si](C)(C)C.C[Si](C)(C)N[Si](C)(C)C.C[Si](C)(C)N[Si](C)(C)C.[Sm]. The molecule has 3 nitrogen and oxygen atoms in total. The van der Waals surface area contributed by atoms with Crippen molar-refractivity contribution in [1.82, 2.24) is 13.9 Å². The minimum Gasteiger partial charge on any atom is -0.360 e. The molecule has 0 radical (unpaired) electrons. The molecule has 0 amide bonds. The van der Waals surface area contributed by atoms with Gasteiger partial charge in [-0.3, -0.25) is 0 Å². The van der Waals surface area contributed by atoms with Gasteiger partial charge in [0.25, 0.3) is 0 Å². The molecule has 0 aliphatic heterocycles. The molecule has 0 saturated carbocycles. The van der Waals surface area contributed by atoms with Crippen LogP contribution in [0.15, 0.2) is 0 Å². The van der Waals surface area contributed by atoms with Crippen LogP contribution in [-0.2, 0) is 0 Å². The maximum atomic E-state index is 3.74. The number of rotatable bonds is 6. The zero-order valence-corrected chi connectivity index (χ0v) is 31.5. The quantitative estimate of drug-likeness (QED) is 0.284. The van der Waals surface area contributed by atoms with Crippen molar-refractivity contribution >= 4 is 49.4 Å². The summed E-state index contributed by atoms with van der Waals surface area (Å²) >= 11 is 0. The summed E-state index contributed by atoms with van der Waals surface area (Å²) in [6.07, 6.45) is 0. The Morgan fingerprint density at radius 1 is 0.250 bits per heavy atom. The van der Waals surface area contributed by atoms with Gasteiger partial charge in [-0.2, -0.15) is 0 Å². The van der Waals surface area contributed by atoms with Crippen molar-refractivity contribution in [2.24, 2.45) is 0 Å². The molecule has 0 atom stereocenters. The second-order valence-electron chi connectivity index (χ2n) is 13.9. The Morgan fingerprint density at radius 2 is 0.321 bits per heavy atom. The Bertz CT molecular complexity index is 297. The maximum Gasteiger partial charge on any atom is 0.109 e. The topological polar surface area (TPSA) is 36.1 Å². The third-order valence-electron chi connectivity index (χ3n) is 2.25. The first-order valence-electron chi connectivity index (χ1n) is 10.5. The molecule has 0 spiro atoms. The first-order chi connectivity index (χ1) is 11.1. The van der Waals surface area contributed by atoms with Gasteiger partial charge in [0.1, 0.15) is 49.4 Å². The molecule has 174 valence electrons. The Morgan fingerprint density at radius 3 is 0.321 bits per heavy atom. The van der Waals surface area contributed by atoms with Crippen molar-refractivity contribution in [2.75, 3.05) is 0 Å². The summed E-state index contributed by atoms with van der Waals surface area (Å²) in [5, 5.41) is 0. The van der Waals surface area contributed by atoms with Crippen LogP contribution in [-0.4, -0.2) is 49.4 Å². The van der Waals surface area contributed by atoms with Crippen molar-refractivity contribution in [2.45, 2.75) is 118 Å². The van der Waals surface area contributed by atoms with Crippen molar-refractivity contribution in [3.8, 4) is 0 Å². The van der Waals surface area contributed by atoms with Crippen LogP contribution in [0.25, 0.3) is 0 Å².